The van der Waals surface area contributed by atoms with Crippen LogP contribution in [0.25, 0.3) is 28.3 Å². The van der Waals surface area contributed by atoms with E-state index in [0.29, 0.717) is 17.0 Å². The number of hydrogen-bond acceptors (Lipinski definition) is 5. The van der Waals surface area contributed by atoms with Gasteiger partial charge in [0.2, 0.25) is 0 Å². The number of pyridine rings is 1. The molecule has 3 heterocycles. The zero-order chi connectivity index (χ0) is 21.2. The predicted octanol–water partition coefficient (Wildman–Crippen LogP) is 4.41. The Balaban J connectivity index is 1.42. The van der Waals surface area contributed by atoms with Crippen LogP contribution in [0.15, 0.2) is 85.2 Å². The molecule has 150 valence electrons. The van der Waals surface area contributed by atoms with Gasteiger partial charge in [-0.2, -0.15) is 9.61 Å². The van der Waals surface area contributed by atoms with E-state index in [-0.39, 0.29) is 5.91 Å². The lowest BCUT2D eigenvalue weighted by molar-refractivity contribution is 0.102. The highest BCUT2D eigenvalue weighted by atomic mass is 16.1. The molecule has 2 aromatic carbocycles. The molecule has 0 radical (unpaired) electrons. The number of benzene rings is 2. The summed E-state index contributed by atoms with van der Waals surface area (Å²) in [5.41, 5.74) is 5.51. The van der Waals surface area contributed by atoms with Gasteiger partial charge in [0.1, 0.15) is 0 Å². The van der Waals surface area contributed by atoms with E-state index >= 15 is 0 Å². The average Bonchev–Trinajstić information content (AvgIpc) is 3.24. The molecule has 0 saturated carbocycles. The van der Waals surface area contributed by atoms with E-state index < -0.39 is 0 Å². The molecule has 0 aliphatic rings. The molecule has 1 N–H and O–H groups in total. The van der Waals surface area contributed by atoms with Crippen LogP contribution in [0.1, 0.15) is 15.9 Å². The van der Waals surface area contributed by atoms with Crippen LogP contribution < -0.4 is 5.32 Å². The number of nitrogens with zero attached hydrogens (tertiary/aromatic N) is 5. The van der Waals surface area contributed by atoms with Crippen LogP contribution in [0.4, 0.5) is 5.69 Å². The Hall–Kier alpha value is -4.39. The van der Waals surface area contributed by atoms with Crippen molar-refractivity contribution in [3.8, 4) is 22.6 Å². The molecule has 0 spiro atoms. The van der Waals surface area contributed by atoms with Gasteiger partial charge < -0.3 is 5.32 Å². The summed E-state index contributed by atoms with van der Waals surface area (Å²) in [6.45, 7) is 1.92. The molecule has 0 aliphatic carbocycles. The van der Waals surface area contributed by atoms with Gasteiger partial charge in [0, 0.05) is 34.8 Å². The predicted molar refractivity (Wildman–Crippen MR) is 119 cm³/mol. The van der Waals surface area contributed by atoms with Gasteiger partial charge in [0.25, 0.3) is 5.91 Å². The van der Waals surface area contributed by atoms with Crippen molar-refractivity contribution in [2.75, 3.05) is 5.32 Å². The molecule has 7 nitrogen and oxygen atoms in total. The summed E-state index contributed by atoms with van der Waals surface area (Å²) in [7, 11) is 0. The topological polar surface area (TPSA) is 85.1 Å². The Kier molecular flexibility index (Phi) is 4.68. The normalized spacial score (nSPS) is 10.9. The second-order valence-corrected chi connectivity index (χ2v) is 7.10. The zero-order valence-electron chi connectivity index (χ0n) is 16.7. The van der Waals surface area contributed by atoms with Crippen molar-refractivity contribution in [2.45, 2.75) is 6.92 Å². The van der Waals surface area contributed by atoms with E-state index in [1.165, 1.54) is 0 Å². The third-order valence-electron chi connectivity index (χ3n) is 5.01. The molecule has 0 atom stereocenters. The van der Waals surface area contributed by atoms with E-state index in [4.69, 9.17) is 5.10 Å². The molecule has 5 aromatic rings. The Morgan fingerprint density at radius 2 is 1.71 bits per heavy atom. The Morgan fingerprint density at radius 1 is 0.871 bits per heavy atom. The lowest BCUT2D eigenvalue weighted by atomic mass is 10.1. The van der Waals surface area contributed by atoms with Crippen LogP contribution in [0.2, 0.25) is 0 Å². The maximum atomic E-state index is 12.5. The molecule has 0 bridgehead atoms. The molecule has 7 heteroatoms. The van der Waals surface area contributed by atoms with E-state index in [9.17, 15) is 4.79 Å². The van der Waals surface area contributed by atoms with Crippen molar-refractivity contribution in [1.29, 1.82) is 0 Å². The smallest absolute Gasteiger partial charge is 0.255 e. The van der Waals surface area contributed by atoms with Gasteiger partial charge in [-0.25, -0.2) is 0 Å². The maximum Gasteiger partial charge on any atom is 0.255 e. The van der Waals surface area contributed by atoms with Crippen molar-refractivity contribution in [2.24, 2.45) is 0 Å². The number of aromatic nitrogens is 5. The molecule has 31 heavy (non-hydrogen) atoms. The molecule has 5 rings (SSSR count). The molecular weight excluding hydrogens is 388 g/mol. The number of rotatable bonds is 4. The number of fused-ring (bicyclic) bond motifs is 1. The fourth-order valence-electron chi connectivity index (χ4n) is 3.37. The number of anilines is 1. The van der Waals surface area contributed by atoms with Crippen LogP contribution in [0.5, 0.6) is 0 Å². The van der Waals surface area contributed by atoms with Crippen molar-refractivity contribution >= 4 is 17.2 Å². The summed E-state index contributed by atoms with van der Waals surface area (Å²) >= 11 is 0. The highest BCUT2D eigenvalue weighted by molar-refractivity contribution is 6.05. The number of nitrogens with one attached hydrogen (secondary N) is 1. The Morgan fingerprint density at radius 3 is 2.48 bits per heavy atom. The number of hydrogen-bond donors (Lipinski definition) is 1. The van der Waals surface area contributed by atoms with Crippen molar-refractivity contribution in [3.05, 3.63) is 96.3 Å². The minimum atomic E-state index is -0.129. The summed E-state index contributed by atoms with van der Waals surface area (Å²) in [5.74, 6) is 0.503. The molecule has 0 aliphatic heterocycles. The minimum Gasteiger partial charge on any atom is -0.322 e. The molecule has 0 unspecified atom stereocenters. The SMILES string of the molecule is Cc1ccccc1C(=O)Nc1ccc(-c2ccc3nnc(-c4cccnc4)n3n2)cc1. The second kappa shape index (κ2) is 7.79. The molecular formula is C24H18N6O. The third-order valence-corrected chi connectivity index (χ3v) is 5.01. The van der Waals surface area contributed by atoms with E-state index in [0.717, 1.165) is 28.1 Å². The minimum absolute atomic E-state index is 0.129. The first-order valence-electron chi connectivity index (χ1n) is 9.79. The summed E-state index contributed by atoms with van der Waals surface area (Å²) in [4.78, 5) is 16.7. The van der Waals surface area contributed by atoms with Gasteiger partial charge in [0.05, 0.1) is 5.69 Å². The first-order valence-corrected chi connectivity index (χ1v) is 9.79. The first-order chi connectivity index (χ1) is 15.2. The largest absolute Gasteiger partial charge is 0.322 e. The summed E-state index contributed by atoms with van der Waals surface area (Å²) in [5, 5.41) is 16.1. The molecule has 1 amide bonds. The van der Waals surface area contributed by atoms with Crippen LogP contribution >= 0.6 is 0 Å². The summed E-state index contributed by atoms with van der Waals surface area (Å²) in [6, 6.07) is 22.6. The van der Waals surface area contributed by atoms with Crippen molar-refractivity contribution in [1.82, 2.24) is 24.8 Å². The lowest BCUT2D eigenvalue weighted by Crippen LogP contribution is -2.13. The van der Waals surface area contributed by atoms with Crippen LogP contribution in [0.3, 0.4) is 0 Å². The van der Waals surface area contributed by atoms with Crippen LogP contribution in [0, 0.1) is 6.92 Å². The maximum absolute atomic E-state index is 12.5. The molecule has 3 aromatic heterocycles. The Bertz CT molecular complexity index is 1380. The number of aryl methyl sites for hydroxylation is 1. The summed E-state index contributed by atoms with van der Waals surface area (Å²) in [6.07, 6.45) is 3.45. The number of amides is 1. The van der Waals surface area contributed by atoms with Crippen LogP contribution in [-0.4, -0.2) is 30.7 Å². The fraction of sp³-hybridized carbons (Fsp3) is 0.0417. The van der Waals surface area contributed by atoms with Gasteiger partial charge in [-0.15, -0.1) is 10.2 Å². The molecule has 0 fully saturated rings. The highest BCUT2D eigenvalue weighted by Gasteiger charge is 2.12. The Labute approximate surface area is 178 Å². The standard InChI is InChI=1S/C24H18N6O/c1-16-5-2-3-7-20(16)24(31)26-19-10-8-17(9-11-19)21-12-13-22-27-28-23(30(22)29-21)18-6-4-14-25-15-18/h2-15H,1H3,(H,26,31). The molecule has 0 saturated heterocycles. The monoisotopic (exact) mass is 406 g/mol. The number of carbonyl (C=O) groups excluding carboxylic acids is 1. The van der Waals surface area contributed by atoms with Gasteiger partial charge in [0.15, 0.2) is 11.5 Å². The van der Waals surface area contributed by atoms with Crippen LogP contribution in [-0.2, 0) is 0 Å². The zero-order valence-corrected chi connectivity index (χ0v) is 16.7. The summed E-state index contributed by atoms with van der Waals surface area (Å²) < 4.78 is 1.71. The average molecular weight is 406 g/mol. The van der Waals surface area contributed by atoms with Gasteiger partial charge in [-0.3, -0.25) is 9.78 Å². The second-order valence-electron chi connectivity index (χ2n) is 7.10. The van der Waals surface area contributed by atoms with Crippen molar-refractivity contribution < 1.29 is 4.79 Å². The lowest BCUT2D eigenvalue weighted by Gasteiger charge is -2.08. The van der Waals surface area contributed by atoms with Crippen molar-refractivity contribution in [3.63, 3.8) is 0 Å². The third kappa shape index (κ3) is 3.64. The van der Waals surface area contributed by atoms with Gasteiger partial charge >= 0.3 is 0 Å². The van der Waals surface area contributed by atoms with E-state index in [2.05, 4.69) is 20.5 Å². The quantitative estimate of drug-likeness (QED) is 0.478. The van der Waals surface area contributed by atoms with Gasteiger partial charge in [-0.05, 0) is 55.0 Å². The van der Waals surface area contributed by atoms with E-state index in [1.54, 1.807) is 16.9 Å². The highest BCUT2D eigenvalue weighted by Crippen LogP contribution is 2.22. The van der Waals surface area contributed by atoms with E-state index in [1.807, 2.05) is 79.7 Å². The fourth-order valence-corrected chi connectivity index (χ4v) is 3.37. The number of carbonyl (C=O) groups is 1. The first kappa shape index (κ1) is 18.6. The van der Waals surface area contributed by atoms with Gasteiger partial charge in [-0.1, -0.05) is 30.3 Å².